The van der Waals surface area contributed by atoms with E-state index in [9.17, 15) is 9.59 Å². The molecule has 0 atom stereocenters. The predicted octanol–water partition coefficient (Wildman–Crippen LogP) is 6.04. The Kier molecular flexibility index (Phi) is 7.27. The second-order valence-corrected chi connectivity index (χ2v) is 10.3. The van der Waals surface area contributed by atoms with Gasteiger partial charge in [-0.05, 0) is 55.7 Å². The van der Waals surface area contributed by atoms with Gasteiger partial charge in [-0.15, -0.1) is 11.3 Å². The van der Waals surface area contributed by atoms with Crippen molar-refractivity contribution in [2.24, 2.45) is 0 Å². The number of amides is 3. The van der Waals surface area contributed by atoms with Gasteiger partial charge < -0.3 is 15.1 Å². The number of nitrogens with zero attached hydrogens (tertiary/aromatic N) is 2. The average Bonchev–Trinajstić information content (AvgIpc) is 3.53. The Morgan fingerprint density at radius 2 is 1.81 bits per heavy atom. The summed E-state index contributed by atoms with van der Waals surface area (Å²) in [6.45, 7) is 3.20. The molecule has 5 nitrogen and oxygen atoms in total. The van der Waals surface area contributed by atoms with Gasteiger partial charge in [-0.1, -0.05) is 52.3 Å². The zero-order chi connectivity index (χ0) is 22.5. The predicted molar refractivity (Wildman–Crippen MR) is 133 cm³/mol. The number of urea groups is 1. The smallest absolute Gasteiger partial charge is 0.322 e. The van der Waals surface area contributed by atoms with Crippen molar-refractivity contribution in [2.75, 3.05) is 11.9 Å². The number of anilines is 1. The lowest BCUT2D eigenvalue weighted by Gasteiger charge is -2.28. The molecule has 0 unspecified atom stereocenters. The van der Waals surface area contributed by atoms with Crippen molar-refractivity contribution < 1.29 is 9.59 Å². The number of carbonyl (C=O) groups is 2. The summed E-state index contributed by atoms with van der Waals surface area (Å²) in [5, 5.41) is 2.94. The quantitative estimate of drug-likeness (QED) is 0.400. The molecule has 166 valence electrons. The molecule has 1 heterocycles. The molecule has 1 saturated carbocycles. The lowest BCUT2D eigenvalue weighted by atomic mass is 10.2. The summed E-state index contributed by atoms with van der Waals surface area (Å²) in [4.78, 5) is 32.3. The summed E-state index contributed by atoms with van der Waals surface area (Å²) < 4.78 is 0.893. The van der Waals surface area contributed by atoms with Gasteiger partial charge >= 0.3 is 6.03 Å². The van der Waals surface area contributed by atoms with Gasteiger partial charge in [-0.3, -0.25) is 4.79 Å². The molecular formula is C25H26BrN3O2S. The first-order chi connectivity index (χ1) is 15.5. The Morgan fingerprint density at radius 3 is 2.47 bits per heavy atom. The van der Waals surface area contributed by atoms with Crippen LogP contribution in [0.3, 0.4) is 0 Å². The Bertz CT molecular complexity index is 1080. The molecule has 7 heteroatoms. The molecule has 2 aromatic carbocycles. The van der Waals surface area contributed by atoms with E-state index in [1.165, 1.54) is 4.88 Å². The first kappa shape index (κ1) is 22.6. The molecule has 1 N–H and O–H groups in total. The van der Waals surface area contributed by atoms with Gasteiger partial charge in [-0.25, -0.2) is 4.79 Å². The highest BCUT2D eigenvalue weighted by Crippen LogP contribution is 2.28. The van der Waals surface area contributed by atoms with E-state index in [-0.39, 0.29) is 24.5 Å². The standard InChI is InChI=1S/C25H26BrN3O2S/c1-18-10-13-23(32-18)16-28(15-19-6-3-2-4-7-19)24(30)17-29(22-11-12-22)25(31)27-21-9-5-8-20(26)14-21/h2-10,13-14,22H,11-12,15-17H2,1H3,(H,27,31). The molecule has 0 saturated heterocycles. The number of thiophene rings is 1. The fourth-order valence-corrected chi connectivity index (χ4v) is 4.86. The zero-order valence-corrected chi connectivity index (χ0v) is 20.4. The van der Waals surface area contributed by atoms with Crippen LogP contribution in [-0.2, 0) is 17.9 Å². The van der Waals surface area contributed by atoms with Crippen molar-refractivity contribution in [3.05, 3.63) is 86.5 Å². The number of aryl methyl sites for hydroxylation is 1. The van der Waals surface area contributed by atoms with E-state index in [2.05, 4.69) is 40.3 Å². The molecule has 1 aliphatic rings. The van der Waals surface area contributed by atoms with Crippen LogP contribution in [0.2, 0.25) is 0 Å². The Labute approximate surface area is 201 Å². The summed E-state index contributed by atoms with van der Waals surface area (Å²) >= 11 is 5.13. The van der Waals surface area contributed by atoms with Crippen molar-refractivity contribution in [1.29, 1.82) is 0 Å². The monoisotopic (exact) mass is 511 g/mol. The van der Waals surface area contributed by atoms with Crippen LogP contribution >= 0.6 is 27.3 Å². The van der Waals surface area contributed by atoms with E-state index in [4.69, 9.17) is 0 Å². The van der Waals surface area contributed by atoms with Crippen LogP contribution < -0.4 is 5.32 Å². The molecule has 32 heavy (non-hydrogen) atoms. The lowest BCUT2D eigenvalue weighted by Crippen LogP contribution is -2.45. The fourth-order valence-electron chi connectivity index (χ4n) is 3.55. The van der Waals surface area contributed by atoms with Crippen molar-refractivity contribution in [1.82, 2.24) is 9.80 Å². The van der Waals surface area contributed by atoms with Crippen LogP contribution in [-0.4, -0.2) is 34.3 Å². The van der Waals surface area contributed by atoms with E-state index in [0.29, 0.717) is 18.8 Å². The first-order valence-electron chi connectivity index (χ1n) is 10.7. The number of benzene rings is 2. The summed E-state index contributed by atoms with van der Waals surface area (Å²) in [5.41, 5.74) is 1.78. The van der Waals surface area contributed by atoms with Crippen LogP contribution in [0, 0.1) is 6.92 Å². The maximum absolute atomic E-state index is 13.4. The third kappa shape index (κ3) is 6.20. The Morgan fingerprint density at radius 1 is 1.03 bits per heavy atom. The minimum absolute atomic E-state index is 0.0452. The maximum atomic E-state index is 13.4. The van der Waals surface area contributed by atoms with Gasteiger partial charge in [0.2, 0.25) is 5.91 Å². The van der Waals surface area contributed by atoms with Crippen LogP contribution in [0.25, 0.3) is 0 Å². The molecule has 4 rings (SSSR count). The van der Waals surface area contributed by atoms with E-state index in [0.717, 1.165) is 27.8 Å². The van der Waals surface area contributed by atoms with Gasteiger partial charge in [0.1, 0.15) is 6.54 Å². The lowest BCUT2D eigenvalue weighted by molar-refractivity contribution is -0.133. The highest BCUT2D eigenvalue weighted by molar-refractivity contribution is 9.10. The molecular weight excluding hydrogens is 486 g/mol. The number of hydrogen-bond donors (Lipinski definition) is 1. The Hall–Kier alpha value is -2.64. The average molecular weight is 512 g/mol. The molecule has 1 aliphatic carbocycles. The van der Waals surface area contributed by atoms with Gasteiger partial charge in [0.05, 0.1) is 6.54 Å². The number of halogens is 1. The molecule has 1 aromatic heterocycles. The number of nitrogens with one attached hydrogen (secondary N) is 1. The van der Waals surface area contributed by atoms with Gasteiger partial charge in [0.15, 0.2) is 0 Å². The van der Waals surface area contributed by atoms with E-state index in [1.54, 1.807) is 16.2 Å². The van der Waals surface area contributed by atoms with Crippen molar-refractivity contribution >= 4 is 44.9 Å². The molecule has 1 fully saturated rings. The minimum atomic E-state index is -0.231. The van der Waals surface area contributed by atoms with Crippen LogP contribution in [0.15, 0.2) is 71.2 Å². The maximum Gasteiger partial charge on any atom is 0.322 e. The summed E-state index contributed by atoms with van der Waals surface area (Å²) in [6, 6.07) is 21.5. The minimum Gasteiger partial charge on any atom is -0.332 e. The van der Waals surface area contributed by atoms with Gasteiger partial charge in [0.25, 0.3) is 0 Å². The largest absolute Gasteiger partial charge is 0.332 e. The van der Waals surface area contributed by atoms with Crippen molar-refractivity contribution in [3.63, 3.8) is 0 Å². The Balaban J connectivity index is 1.48. The summed E-state index contributed by atoms with van der Waals surface area (Å²) in [5.74, 6) is -0.0452. The van der Waals surface area contributed by atoms with Crippen LogP contribution in [0.4, 0.5) is 10.5 Å². The van der Waals surface area contributed by atoms with Gasteiger partial charge in [-0.2, -0.15) is 0 Å². The second kappa shape index (κ2) is 10.3. The van der Waals surface area contributed by atoms with Crippen LogP contribution in [0.1, 0.15) is 28.2 Å². The number of carbonyl (C=O) groups excluding carboxylic acids is 2. The van der Waals surface area contributed by atoms with Crippen LogP contribution in [0.5, 0.6) is 0 Å². The fraction of sp³-hybridized carbons (Fsp3) is 0.280. The molecule has 0 aliphatic heterocycles. The molecule has 3 amide bonds. The van der Waals surface area contributed by atoms with Crippen molar-refractivity contribution in [3.8, 4) is 0 Å². The topological polar surface area (TPSA) is 52.7 Å². The number of rotatable bonds is 8. The third-order valence-corrected chi connectivity index (χ3v) is 6.82. The van der Waals surface area contributed by atoms with E-state index in [1.807, 2.05) is 59.5 Å². The number of hydrogen-bond acceptors (Lipinski definition) is 3. The van der Waals surface area contributed by atoms with Crippen molar-refractivity contribution in [2.45, 2.75) is 38.9 Å². The molecule has 0 spiro atoms. The molecule has 0 bridgehead atoms. The van der Waals surface area contributed by atoms with Gasteiger partial charge in [0, 0.05) is 32.5 Å². The third-order valence-electron chi connectivity index (χ3n) is 5.34. The molecule has 0 radical (unpaired) electrons. The normalized spacial score (nSPS) is 12.9. The van der Waals surface area contributed by atoms with E-state index >= 15 is 0 Å². The highest BCUT2D eigenvalue weighted by Gasteiger charge is 2.35. The van der Waals surface area contributed by atoms with E-state index < -0.39 is 0 Å². The highest BCUT2D eigenvalue weighted by atomic mass is 79.9. The zero-order valence-electron chi connectivity index (χ0n) is 18.0. The first-order valence-corrected chi connectivity index (χ1v) is 12.3. The summed E-state index contributed by atoms with van der Waals surface area (Å²) in [6.07, 6.45) is 1.87. The molecule has 3 aromatic rings. The summed E-state index contributed by atoms with van der Waals surface area (Å²) in [7, 11) is 0. The second-order valence-electron chi connectivity index (χ2n) is 8.05. The SMILES string of the molecule is Cc1ccc(CN(Cc2ccccc2)C(=O)CN(C(=O)Nc2cccc(Br)c2)C2CC2)s1.